The third kappa shape index (κ3) is 0.428. The molecule has 0 bridgehead atoms. The van der Waals surface area contributed by atoms with E-state index in [0.29, 0.717) is 0 Å². The van der Waals surface area contributed by atoms with E-state index in [1.165, 1.54) is 0 Å². The van der Waals surface area contributed by atoms with Crippen LogP contribution in [0.3, 0.4) is 0 Å². The predicted octanol–water partition coefficient (Wildman–Crippen LogP) is 0.184. The lowest BCUT2D eigenvalue weighted by atomic mass is 10.1. The molecule has 0 aromatic carbocycles. The Morgan fingerprint density at radius 2 is 2.00 bits per heavy atom. The summed E-state index contributed by atoms with van der Waals surface area (Å²) in [5.74, 6) is 1.57. The molecule has 1 heteroatoms. The first kappa shape index (κ1) is 3.16. The maximum absolute atomic E-state index is 3.12. The van der Waals surface area contributed by atoms with Crippen molar-refractivity contribution < 1.29 is 0 Å². The Morgan fingerprint density at radius 1 is 1.60 bits per heavy atom. The SMILES string of the molecule is C[C]1CNC1. The second-order valence-corrected chi connectivity index (χ2v) is 1.56. The van der Waals surface area contributed by atoms with Crippen molar-refractivity contribution in [2.24, 2.45) is 0 Å². The lowest BCUT2D eigenvalue weighted by Gasteiger charge is -2.20. The molecule has 1 nitrogen and oxygen atoms in total. The molecule has 0 aromatic heterocycles. The summed E-state index contributed by atoms with van der Waals surface area (Å²) in [7, 11) is 0. The molecule has 0 unspecified atom stereocenters. The Hall–Kier alpha value is -0.0400. The molecule has 1 aliphatic heterocycles. The molecule has 0 aliphatic carbocycles. The molecule has 1 radical (unpaired) electrons. The van der Waals surface area contributed by atoms with Crippen molar-refractivity contribution in [1.29, 1.82) is 0 Å². The highest BCUT2D eigenvalue weighted by Gasteiger charge is 2.08. The fourth-order valence-electron chi connectivity index (χ4n) is 0.375. The van der Waals surface area contributed by atoms with Gasteiger partial charge in [-0.25, -0.2) is 0 Å². The van der Waals surface area contributed by atoms with E-state index >= 15 is 0 Å². The Kier molecular flexibility index (Phi) is 0.618. The number of rotatable bonds is 0. The normalized spacial score (nSPS) is 25.8. The lowest BCUT2D eigenvalue weighted by molar-refractivity contribution is 0.574. The molecular weight excluding hydrogens is 62.1 g/mol. The monoisotopic (exact) mass is 70.1 g/mol. The van der Waals surface area contributed by atoms with Crippen molar-refractivity contribution in [3.63, 3.8) is 0 Å². The molecule has 1 fully saturated rings. The largest absolute Gasteiger partial charge is 0.316 e. The molecule has 0 aromatic rings. The Bertz CT molecular complexity index is 30.6. The van der Waals surface area contributed by atoms with E-state index in [0.717, 1.165) is 13.1 Å². The van der Waals surface area contributed by atoms with Gasteiger partial charge in [-0.05, 0) is 0 Å². The molecule has 1 N–H and O–H groups in total. The first-order valence-electron chi connectivity index (χ1n) is 1.91. The van der Waals surface area contributed by atoms with E-state index in [2.05, 4.69) is 12.2 Å². The average molecular weight is 70.1 g/mol. The van der Waals surface area contributed by atoms with Crippen molar-refractivity contribution in [2.75, 3.05) is 13.1 Å². The molecule has 1 heterocycles. The van der Waals surface area contributed by atoms with Crippen LogP contribution in [0, 0.1) is 5.92 Å². The van der Waals surface area contributed by atoms with Crippen molar-refractivity contribution >= 4 is 0 Å². The fourth-order valence-corrected chi connectivity index (χ4v) is 0.375. The van der Waals surface area contributed by atoms with Crippen LogP contribution < -0.4 is 5.32 Å². The second-order valence-electron chi connectivity index (χ2n) is 1.56. The molecule has 29 valence electrons. The molecule has 0 amide bonds. The minimum atomic E-state index is 1.15. The van der Waals surface area contributed by atoms with Crippen LogP contribution >= 0.6 is 0 Å². The van der Waals surface area contributed by atoms with E-state index in [1.54, 1.807) is 5.92 Å². The van der Waals surface area contributed by atoms with E-state index in [9.17, 15) is 0 Å². The van der Waals surface area contributed by atoms with Gasteiger partial charge in [0.25, 0.3) is 0 Å². The van der Waals surface area contributed by atoms with Gasteiger partial charge >= 0.3 is 0 Å². The summed E-state index contributed by atoms with van der Waals surface area (Å²) < 4.78 is 0. The van der Waals surface area contributed by atoms with Gasteiger partial charge in [-0.2, -0.15) is 0 Å². The molecule has 5 heavy (non-hydrogen) atoms. The summed E-state index contributed by atoms with van der Waals surface area (Å²) in [5, 5.41) is 3.12. The van der Waals surface area contributed by atoms with Crippen molar-refractivity contribution in [2.45, 2.75) is 6.92 Å². The van der Waals surface area contributed by atoms with E-state index < -0.39 is 0 Å². The van der Waals surface area contributed by atoms with Crippen LogP contribution in [0.1, 0.15) is 6.92 Å². The zero-order chi connectivity index (χ0) is 3.70. The molecule has 1 aliphatic rings. The third-order valence-corrected chi connectivity index (χ3v) is 0.854. The molecule has 0 saturated carbocycles. The first-order chi connectivity index (χ1) is 2.39. The van der Waals surface area contributed by atoms with Crippen LogP contribution in [0.15, 0.2) is 0 Å². The fraction of sp³-hybridized carbons (Fsp3) is 0.750. The topological polar surface area (TPSA) is 12.0 Å². The molecule has 1 rings (SSSR count). The van der Waals surface area contributed by atoms with Crippen LogP contribution in [0.25, 0.3) is 0 Å². The van der Waals surface area contributed by atoms with Gasteiger partial charge in [-0.1, -0.05) is 6.92 Å². The van der Waals surface area contributed by atoms with E-state index in [-0.39, 0.29) is 0 Å². The predicted molar refractivity (Wildman–Crippen MR) is 21.8 cm³/mol. The number of hydrogen-bond acceptors (Lipinski definition) is 1. The lowest BCUT2D eigenvalue weighted by Crippen LogP contribution is -2.37. The van der Waals surface area contributed by atoms with Gasteiger partial charge in [0.05, 0.1) is 0 Å². The van der Waals surface area contributed by atoms with Crippen molar-refractivity contribution in [1.82, 2.24) is 5.32 Å². The van der Waals surface area contributed by atoms with Gasteiger partial charge in [0.15, 0.2) is 0 Å². The van der Waals surface area contributed by atoms with Crippen LogP contribution in [-0.4, -0.2) is 13.1 Å². The van der Waals surface area contributed by atoms with E-state index in [4.69, 9.17) is 0 Å². The maximum Gasteiger partial charge on any atom is 0.00238 e. The van der Waals surface area contributed by atoms with E-state index in [1.807, 2.05) is 0 Å². The van der Waals surface area contributed by atoms with Gasteiger partial charge in [-0.15, -0.1) is 0 Å². The van der Waals surface area contributed by atoms with Gasteiger partial charge in [0.2, 0.25) is 0 Å². The van der Waals surface area contributed by atoms with Gasteiger partial charge in [0, 0.05) is 19.0 Å². The van der Waals surface area contributed by atoms with Crippen LogP contribution in [0.4, 0.5) is 0 Å². The van der Waals surface area contributed by atoms with Gasteiger partial charge in [0.1, 0.15) is 0 Å². The Balaban J connectivity index is 2.08. The van der Waals surface area contributed by atoms with Gasteiger partial charge in [-0.3, -0.25) is 0 Å². The van der Waals surface area contributed by atoms with Crippen molar-refractivity contribution in [3.05, 3.63) is 5.92 Å². The van der Waals surface area contributed by atoms with Crippen LogP contribution in [-0.2, 0) is 0 Å². The summed E-state index contributed by atoms with van der Waals surface area (Å²) in [6.07, 6.45) is 0. The zero-order valence-corrected chi connectivity index (χ0v) is 3.41. The zero-order valence-electron chi connectivity index (χ0n) is 3.41. The maximum atomic E-state index is 3.12. The van der Waals surface area contributed by atoms with Crippen LogP contribution in [0.2, 0.25) is 0 Å². The van der Waals surface area contributed by atoms with Crippen molar-refractivity contribution in [3.8, 4) is 0 Å². The highest BCUT2D eigenvalue weighted by atomic mass is 14.9. The number of hydrogen-bond donors (Lipinski definition) is 1. The smallest absolute Gasteiger partial charge is 0.00238 e. The summed E-state index contributed by atoms with van der Waals surface area (Å²) in [6.45, 7) is 4.47. The minimum Gasteiger partial charge on any atom is -0.316 e. The summed E-state index contributed by atoms with van der Waals surface area (Å²) >= 11 is 0. The third-order valence-electron chi connectivity index (χ3n) is 0.854. The molecule has 0 spiro atoms. The summed E-state index contributed by atoms with van der Waals surface area (Å²) in [6, 6.07) is 0. The highest BCUT2D eigenvalue weighted by molar-refractivity contribution is 4.98. The quantitative estimate of drug-likeness (QED) is 0.429. The highest BCUT2D eigenvalue weighted by Crippen LogP contribution is 2.00. The minimum absolute atomic E-state index is 1.15. The molecular formula is C4H8N. The Morgan fingerprint density at radius 3 is 2.00 bits per heavy atom. The Labute approximate surface area is 32.4 Å². The van der Waals surface area contributed by atoms with Gasteiger partial charge < -0.3 is 5.32 Å². The summed E-state index contributed by atoms with van der Waals surface area (Å²) in [5.41, 5.74) is 0. The molecule has 1 saturated heterocycles. The standard InChI is InChI=1S/C4H8N/c1-4-2-5-3-4/h5H,2-3H2,1H3. The first-order valence-corrected chi connectivity index (χ1v) is 1.91. The number of nitrogens with one attached hydrogen (secondary N) is 1. The second kappa shape index (κ2) is 0.977. The van der Waals surface area contributed by atoms with Crippen LogP contribution in [0.5, 0.6) is 0 Å². The summed E-state index contributed by atoms with van der Waals surface area (Å²) in [4.78, 5) is 0. The average Bonchev–Trinajstić information content (AvgIpc) is 1.30. The molecule has 0 atom stereocenters.